The molecular formula is C19H21N3O2. The summed E-state index contributed by atoms with van der Waals surface area (Å²) in [5.74, 6) is 1.57. The lowest BCUT2D eigenvalue weighted by atomic mass is 10.0. The molecular weight excluding hydrogens is 302 g/mol. The third-order valence-corrected chi connectivity index (χ3v) is 4.06. The van der Waals surface area contributed by atoms with Gasteiger partial charge in [-0.2, -0.15) is 5.10 Å². The molecule has 0 bridgehead atoms. The monoisotopic (exact) mass is 323 g/mol. The Labute approximate surface area is 141 Å². The van der Waals surface area contributed by atoms with Crippen LogP contribution in [-0.4, -0.2) is 15.7 Å². The van der Waals surface area contributed by atoms with Crippen molar-refractivity contribution in [1.82, 2.24) is 15.1 Å². The van der Waals surface area contributed by atoms with Crippen LogP contribution in [0.3, 0.4) is 0 Å². The van der Waals surface area contributed by atoms with E-state index in [1.54, 1.807) is 17.1 Å². The lowest BCUT2D eigenvalue weighted by Crippen LogP contribution is -2.35. The molecule has 0 spiro atoms. The van der Waals surface area contributed by atoms with Crippen molar-refractivity contribution in [3.05, 3.63) is 77.5 Å². The van der Waals surface area contributed by atoms with Crippen molar-refractivity contribution in [3.8, 4) is 0 Å². The lowest BCUT2D eigenvalue weighted by molar-refractivity contribution is -0.124. The highest BCUT2D eigenvalue weighted by Crippen LogP contribution is 2.23. The third-order valence-electron chi connectivity index (χ3n) is 4.06. The number of nitrogens with zero attached hydrogens (tertiary/aromatic N) is 2. The Morgan fingerprint density at radius 1 is 1.21 bits per heavy atom. The van der Waals surface area contributed by atoms with E-state index in [0.717, 1.165) is 22.6 Å². The Morgan fingerprint density at radius 3 is 2.54 bits per heavy atom. The number of aromatic nitrogens is 2. The topological polar surface area (TPSA) is 60.1 Å². The molecule has 5 nitrogen and oxygen atoms in total. The number of carbonyl (C=O) groups is 1. The number of rotatable bonds is 5. The van der Waals surface area contributed by atoms with Crippen molar-refractivity contribution in [2.24, 2.45) is 0 Å². The first-order valence-corrected chi connectivity index (χ1v) is 7.97. The third kappa shape index (κ3) is 3.25. The lowest BCUT2D eigenvalue weighted by Gasteiger charge is -2.21. The van der Waals surface area contributed by atoms with Crippen molar-refractivity contribution in [1.29, 1.82) is 0 Å². The first-order chi connectivity index (χ1) is 11.6. The molecule has 2 atom stereocenters. The Morgan fingerprint density at radius 2 is 1.96 bits per heavy atom. The van der Waals surface area contributed by atoms with Gasteiger partial charge >= 0.3 is 0 Å². The highest BCUT2D eigenvalue weighted by Gasteiger charge is 2.25. The van der Waals surface area contributed by atoms with Gasteiger partial charge in [-0.25, -0.2) is 0 Å². The van der Waals surface area contributed by atoms with Gasteiger partial charge in [0.2, 0.25) is 5.91 Å². The Hall–Kier alpha value is -2.82. The average molecular weight is 323 g/mol. The van der Waals surface area contributed by atoms with Crippen LogP contribution >= 0.6 is 0 Å². The first-order valence-electron chi connectivity index (χ1n) is 7.97. The molecule has 5 heteroatoms. The zero-order chi connectivity index (χ0) is 17.1. The van der Waals surface area contributed by atoms with E-state index in [4.69, 9.17) is 4.42 Å². The summed E-state index contributed by atoms with van der Waals surface area (Å²) in [6, 6.07) is 12.8. The maximum absolute atomic E-state index is 12.9. The van der Waals surface area contributed by atoms with E-state index in [2.05, 4.69) is 10.4 Å². The molecule has 1 amide bonds. The fourth-order valence-corrected chi connectivity index (χ4v) is 2.94. The predicted molar refractivity (Wildman–Crippen MR) is 91.5 cm³/mol. The SMILES string of the molecule is Cc1cc(C(C)NC(=O)C(c2ccccc2)n2cccn2)c(C)o1. The predicted octanol–water partition coefficient (Wildman–Crippen LogP) is 3.56. The number of hydrogen-bond donors (Lipinski definition) is 1. The normalized spacial score (nSPS) is 13.5. The zero-order valence-electron chi connectivity index (χ0n) is 14.1. The van der Waals surface area contributed by atoms with E-state index < -0.39 is 6.04 Å². The minimum absolute atomic E-state index is 0.101. The number of furan rings is 1. The van der Waals surface area contributed by atoms with Gasteiger partial charge in [0, 0.05) is 18.0 Å². The van der Waals surface area contributed by atoms with Gasteiger partial charge < -0.3 is 9.73 Å². The average Bonchev–Trinajstić information content (AvgIpc) is 3.18. The summed E-state index contributed by atoms with van der Waals surface area (Å²) in [5, 5.41) is 7.33. The van der Waals surface area contributed by atoms with Gasteiger partial charge in [-0.05, 0) is 38.5 Å². The van der Waals surface area contributed by atoms with E-state index in [0.29, 0.717) is 0 Å². The van der Waals surface area contributed by atoms with Crippen molar-refractivity contribution in [3.63, 3.8) is 0 Å². The summed E-state index contributed by atoms with van der Waals surface area (Å²) in [4.78, 5) is 12.9. The number of nitrogens with one attached hydrogen (secondary N) is 1. The molecule has 0 saturated carbocycles. The first kappa shape index (κ1) is 16.1. The summed E-state index contributed by atoms with van der Waals surface area (Å²) in [6.07, 6.45) is 3.48. The van der Waals surface area contributed by atoms with Crippen LogP contribution in [0.4, 0.5) is 0 Å². The van der Waals surface area contributed by atoms with E-state index >= 15 is 0 Å². The van der Waals surface area contributed by atoms with E-state index in [-0.39, 0.29) is 11.9 Å². The van der Waals surface area contributed by atoms with E-state index in [9.17, 15) is 4.79 Å². The molecule has 2 aromatic heterocycles. The van der Waals surface area contributed by atoms with Crippen molar-refractivity contribution in [2.75, 3.05) is 0 Å². The maximum atomic E-state index is 12.9. The molecule has 24 heavy (non-hydrogen) atoms. The number of aryl methyl sites for hydroxylation is 2. The van der Waals surface area contributed by atoms with E-state index in [1.165, 1.54) is 0 Å². The Balaban J connectivity index is 1.86. The maximum Gasteiger partial charge on any atom is 0.249 e. The van der Waals surface area contributed by atoms with Crippen LogP contribution in [0.2, 0.25) is 0 Å². The molecule has 1 N–H and O–H groups in total. The molecule has 3 aromatic rings. The van der Waals surface area contributed by atoms with E-state index in [1.807, 2.05) is 63.2 Å². The second kappa shape index (κ2) is 6.74. The molecule has 2 unspecified atom stereocenters. The molecule has 0 saturated heterocycles. The van der Waals surface area contributed by atoms with Crippen LogP contribution in [-0.2, 0) is 4.79 Å². The van der Waals surface area contributed by atoms with Gasteiger partial charge in [0.25, 0.3) is 0 Å². The van der Waals surface area contributed by atoms with Gasteiger partial charge in [-0.3, -0.25) is 9.48 Å². The van der Waals surface area contributed by atoms with Crippen molar-refractivity contribution >= 4 is 5.91 Å². The molecule has 0 fully saturated rings. The van der Waals surface area contributed by atoms with Crippen LogP contribution in [0.15, 0.2) is 59.3 Å². The second-order valence-electron chi connectivity index (χ2n) is 5.90. The van der Waals surface area contributed by atoms with Gasteiger partial charge in [-0.15, -0.1) is 0 Å². The Bertz CT molecular complexity index is 807. The number of benzene rings is 1. The quantitative estimate of drug-likeness (QED) is 0.781. The fourth-order valence-electron chi connectivity index (χ4n) is 2.94. The number of hydrogen-bond acceptors (Lipinski definition) is 3. The highest BCUT2D eigenvalue weighted by molar-refractivity contribution is 5.83. The standard InChI is InChI=1S/C19H21N3O2/c1-13-12-17(15(3)24-13)14(2)21-19(23)18(22-11-7-10-20-22)16-8-5-4-6-9-16/h4-12,14,18H,1-3H3,(H,21,23). The van der Waals surface area contributed by atoms with Crippen molar-refractivity contribution < 1.29 is 9.21 Å². The highest BCUT2D eigenvalue weighted by atomic mass is 16.3. The molecule has 1 aromatic carbocycles. The molecule has 2 heterocycles. The van der Waals surface area contributed by atoms with Gasteiger partial charge in [0.15, 0.2) is 6.04 Å². The van der Waals surface area contributed by atoms with Crippen LogP contribution in [0, 0.1) is 13.8 Å². The minimum Gasteiger partial charge on any atom is -0.466 e. The molecule has 0 aliphatic heterocycles. The number of amides is 1. The summed E-state index contributed by atoms with van der Waals surface area (Å²) in [5.41, 5.74) is 1.89. The van der Waals surface area contributed by atoms with Crippen LogP contribution in [0.5, 0.6) is 0 Å². The molecule has 0 aliphatic carbocycles. The molecule has 0 aliphatic rings. The van der Waals surface area contributed by atoms with Gasteiger partial charge in [-0.1, -0.05) is 30.3 Å². The molecule has 0 radical (unpaired) electrons. The van der Waals surface area contributed by atoms with Gasteiger partial charge in [0.1, 0.15) is 11.5 Å². The second-order valence-corrected chi connectivity index (χ2v) is 5.90. The zero-order valence-corrected chi connectivity index (χ0v) is 14.1. The summed E-state index contributed by atoms with van der Waals surface area (Å²) >= 11 is 0. The molecule has 3 rings (SSSR count). The van der Waals surface area contributed by atoms with Crippen LogP contribution in [0.25, 0.3) is 0 Å². The smallest absolute Gasteiger partial charge is 0.249 e. The largest absolute Gasteiger partial charge is 0.466 e. The molecule has 124 valence electrons. The summed E-state index contributed by atoms with van der Waals surface area (Å²) in [6.45, 7) is 5.77. The fraction of sp³-hybridized carbons (Fsp3) is 0.263. The number of carbonyl (C=O) groups excluding carboxylic acids is 1. The van der Waals surface area contributed by atoms with Gasteiger partial charge in [0.05, 0.1) is 6.04 Å². The summed E-state index contributed by atoms with van der Waals surface area (Å²) in [7, 11) is 0. The Kier molecular flexibility index (Phi) is 4.51. The van der Waals surface area contributed by atoms with Crippen molar-refractivity contribution in [2.45, 2.75) is 32.9 Å². The summed E-state index contributed by atoms with van der Waals surface area (Å²) < 4.78 is 7.24. The van der Waals surface area contributed by atoms with Crippen LogP contribution < -0.4 is 5.32 Å². The minimum atomic E-state index is -0.503. The van der Waals surface area contributed by atoms with Crippen LogP contribution in [0.1, 0.15) is 41.7 Å².